The minimum Gasteiger partial charge on any atom is -0.480 e. The van der Waals surface area contributed by atoms with Crippen LogP contribution in [0.1, 0.15) is 38.3 Å². The molecule has 0 unspecified atom stereocenters. The number of carboxylic acid groups (broad SMARTS) is 1. The summed E-state index contributed by atoms with van der Waals surface area (Å²) in [6.07, 6.45) is 0.867. The predicted molar refractivity (Wildman–Crippen MR) is 91.5 cm³/mol. The molecule has 2 amide bonds. The first kappa shape index (κ1) is 19.7. The second-order valence-corrected chi connectivity index (χ2v) is 6.97. The summed E-state index contributed by atoms with van der Waals surface area (Å²) in [6.45, 7) is 6.95. The molecule has 0 saturated heterocycles. The van der Waals surface area contributed by atoms with E-state index in [9.17, 15) is 14.4 Å². The Bertz CT molecular complexity index is 588. The summed E-state index contributed by atoms with van der Waals surface area (Å²) >= 11 is 0. The maximum atomic E-state index is 11.8. The van der Waals surface area contributed by atoms with Crippen LogP contribution < -0.4 is 10.6 Å². The smallest absolute Gasteiger partial charge is 0.326 e. The zero-order valence-corrected chi connectivity index (χ0v) is 14.7. The van der Waals surface area contributed by atoms with Crippen LogP contribution in [0.15, 0.2) is 24.3 Å². The first-order valence-electron chi connectivity index (χ1n) is 7.94. The summed E-state index contributed by atoms with van der Waals surface area (Å²) in [5.41, 5.74) is 1.60. The van der Waals surface area contributed by atoms with Crippen LogP contribution in [-0.4, -0.2) is 35.5 Å². The molecule has 0 fully saturated rings. The predicted octanol–water partition coefficient (Wildman–Crippen LogP) is 1.66. The van der Waals surface area contributed by atoms with E-state index < -0.39 is 23.3 Å². The maximum absolute atomic E-state index is 11.8. The SMILES string of the molecule is Cc1ccc(CCC(=O)NCC(=O)N[C@H](C(=O)O)C(C)(C)C)cc1. The fourth-order valence-corrected chi connectivity index (χ4v) is 2.14. The van der Waals surface area contributed by atoms with E-state index in [-0.39, 0.29) is 18.9 Å². The number of aryl methyl sites for hydroxylation is 2. The summed E-state index contributed by atoms with van der Waals surface area (Å²) in [5, 5.41) is 14.1. The van der Waals surface area contributed by atoms with E-state index in [4.69, 9.17) is 5.11 Å². The summed E-state index contributed by atoms with van der Waals surface area (Å²) in [6, 6.07) is 6.90. The Balaban J connectivity index is 2.39. The Labute approximate surface area is 142 Å². The van der Waals surface area contributed by atoms with Crippen molar-refractivity contribution in [2.24, 2.45) is 5.41 Å². The van der Waals surface area contributed by atoms with E-state index in [1.54, 1.807) is 20.8 Å². The second-order valence-electron chi connectivity index (χ2n) is 6.97. The van der Waals surface area contributed by atoms with Gasteiger partial charge in [0.2, 0.25) is 11.8 Å². The number of rotatable bonds is 7. The van der Waals surface area contributed by atoms with Gasteiger partial charge in [0.05, 0.1) is 6.54 Å². The molecule has 132 valence electrons. The molecule has 0 aliphatic heterocycles. The molecule has 1 atom stereocenters. The molecule has 24 heavy (non-hydrogen) atoms. The van der Waals surface area contributed by atoms with Crippen LogP contribution >= 0.6 is 0 Å². The van der Waals surface area contributed by atoms with Gasteiger partial charge in [0.25, 0.3) is 0 Å². The summed E-state index contributed by atoms with van der Waals surface area (Å²) < 4.78 is 0. The van der Waals surface area contributed by atoms with Crippen molar-refractivity contribution in [3.05, 3.63) is 35.4 Å². The first-order chi connectivity index (χ1) is 11.1. The fourth-order valence-electron chi connectivity index (χ4n) is 2.14. The van der Waals surface area contributed by atoms with E-state index in [0.717, 1.165) is 11.1 Å². The quantitative estimate of drug-likeness (QED) is 0.706. The summed E-state index contributed by atoms with van der Waals surface area (Å²) in [4.78, 5) is 34.8. The number of aliphatic carboxylic acids is 1. The summed E-state index contributed by atoms with van der Waals surface area (Å²) in [7, 11) is 0. The fraction of sp³-hybridized carbons (Fsp3) is 0.500. The lowest BCUT2D eigenvalue weighted by molar-refractivity contribution is -0.144. The van der Waals surface area contributed by atoms with Crippen LogP contribution in [0.4, 0.5) is 0 Å². The van der Waals surface area contributed by atoms with E-state index in [2.05, 4.69) is 10.6 Å². The zero-order valence-electron chi connectivity index (χ0n) is 14.7. The highest BCUT2D eigenvalue weighted by molar-refractivity contribution is 5.88. The zero-order chi connectivity index (χ0) is 18.3. The number of hydrogen-bond acceptors (Lipinski definition) is 3. The molecule has 0 aliphatic carbocycles. The molecule has 1 rings (SSSR count). The lowest BCUT2D eigenvalue weighted by atomic mass is 9.87. The van der Waals surface area contributed by atoms with Crippen molar-refractivity contribution in [1.29, 1.82) is 0 Å². The number of carbonyl (C=O) groups excluding carboxylic acids is 2. The number of carboxylic acids is 1. The minimum absolute atomic E-state index is 0.230. The highest BCUT2D eigenvalue weighted by atomic mass is 16.4. The van der Waals surface area contributed by atoms with Crippen LogP contribution in [-0.2, 0) is 20.8 Å². The third-order valence-electron chi connectivity index (χ3n) is 3.63. The second kappa shape index (κ2) is 8.47. The molecular formula is C18H26N2O4. The van der Waals surface area contributed by atoms with Crippen LogP contribution in [0.25, 0.3) is 0 Å². The van der Waals surface area contributed by atoms with Crippen LogP contribution in [0.2, 0.25) is 0 Å². The molecule has 0 heterocycles. The topological polar surface area (TPSA) is 95.5 Å². The molecule has 0 spiro atoms. The van der Waals surface area contributed by atoms with Crippen molar-refractivity contribution >= 4 is 17.8 Å². The van der Waals surface area contributed by atoms with Crippen LogP contribution in [0.5, 0.6) is 0 Å². The minimum atomic E-state index is -1.10. The Morgan fingerprint density at radius 1 is 1.08 bits per heavy atom. The van der Waals surface area contributed by atoms with Crippen molar-refractivity contribution in [3.63, 3.8) is 0 Å². The van der Waals surface area contributed by atoms with Gasteiger partial charge in [-0.15, -0.1) is 0 Å². The molecule has 0 aliphatic rings. The van der Waals surface area contributed by atoms with E-state index in [1.165, 1.54) is 0 Å². The van der Waals surface area contributed by atoms with Crippen molar-refractivity contribution in [3.8, 4) is 0 Å². The number of nitrogens with one attached hydrogen (secondary N) is 2. The molecule has 0 radical (unpaired) electrons. The number of carbonyl (C=O) groups is 3. The molecule has 0 aromatic heterocycles. The molecule has 1 aromatic carbocycles. The van der Waals surface area contributed by atoms with Gasteiger partial charge < -0.3 is 15.7 Å². The number of hydrogen-bond donors (Lipinski definition) is 3. The number of benzene rings is 1. The Kier molecular flexibility index (Phi) is 6.95. The highest BCUT2D eigenvalue weighted by Crippen LogP contribution is 2.19. The van der Waals surface area contributed by atoms with Gasteiger partial charge in [0, 0.05) is 6.42 Å². The van der Waals surface area contributed by atoms with Crippen LogP contribution in [0, 0.1) is 12.3 Å². The Hall–Kier alpha value is -2.37. The first-order valence-corrected chi connectivity index (χ1v) is 7.94. The molecule has 3 N–H and O–H groups in total. The molecule has 0 bridgehead atoms. The van der Waals surface area contributed by atoms with E-state index in [1.807, 2.05) is 31.2 Å². The molecule has 1 aromatic rings. The van der Waals surface area contributed by atoms with Gasteiger partial charge in [0.1, 0.15) is 6.04 Å². The van der Waals surface area contributed by atoms with E-state index in [0.29, 0.717) is 6.42 Å². The highest BCUT2D eigenvalue weighted by Gasteiger charge is 2.32. The Morgan fingerprint density at radius 2 is 1.67 bits per heavy atom. The van der Waals surface area contributed by atoms with Gasteiger partial charge in [-0.2, -0.15) is 0 Å². The third kappa shape index (κ3) is 6.81. The Morgan fingerprint density at radius 3 is 2.17 bits per heavy atom. The van der Waals surface area contributed by atoms with Crippen molar-refractivity contribution < 1.29 is 19.5 Å². The molecule has 0 saturated carbocycles. The van der Waals surface area contributed by atoms with Gasteiger partial charge in [-0.1, -0.05) is 50.6 Å². The largest absolute Gasteiger partial charge is 0.480 e. The van der Waals surface area contributed by atoms with Gasteiger partial charge in [0.15, 0.2) is 0 Å². The normalized spacial score (nSPS) is 12.3. The maximum Gasteiger partial charge on any atom is 0.326 e. The van der Waals surface area contributed by atoms with Gasteiger partial charge in [-0.3, -0.25) is 9.59 Å². The summed E-state index contributed by atoms with van der Waals surface area (Å²) in [5.74, 6) is -1.85. The molecular weight excluding hydrogens is 308 g/mol. The van der Waals surface area contributed by atoms with Crippen molar-refractivity contribution in [2.45, 2.75) is 46.6 Å². The molecule has 6 nitrogen and oxygen atoms in total. The standard InChI is InChI=1S/C18H26N2O4/c1-12-5-7-13(8-6-12)9-10-14(21)19-11-15(22)20-16(17(23)24)18(2,3)4/h5-8,16H,9-11H2,1-4H3,(H,19,21)(H,20,22)(H,23,24)/t16-/m1/s1. The van der Waals surface area contributed by atoms with Gasteiger partial charge in [-0.25, -0.2) is 4.79 Å². The average molecular weight is 334 g/mol. The van der Waals surface area contributed by atoms with Crippen molar-refractivity contribution in [1.82, 2.24) is 10.6 Å². The molecule has 6 heteroatoms. The van der Waals surface area contributed by atoms with Crippen LogP contribution in [0.3, 0.4) is 0 Å². The van der Waals surface area contributed by atoms with Gasteiger partial charge >= 0.3 is 5.97 Å². The lowest BCUT2D eigenvalue weighted by Crippen LogP contribution is -2.51. The van der Waals surface area contributed by atoms with E-state index >= 15 is 0 Å². The lowest BCUT2D eigenvalue weighted by Gasteiger charge is -2.27. The average Bonchev–Trinajstić information content (AvgIpc) is 2.48. The van der Waals surface area contributed by atoms with Crippen molar-refractivity contribution in [2.75, 3.05) is 6.54 Å². The third-order valence-corrected chi connectivity index (χ3v) is 3.63. The monoisotopic (exact) mass is 334 g/mol. The number of amides is 2. The van der Waals surface area contributed by atoms with Gasteiger partial charge in [-0.05, 0) is 24.3 Å².